The lowest BCUT2D eigenvalue weighted by atomic mass is 10.3. The summed E-state index contributed by atoms with van der Waals surface area (Å²) in [6.07, 6.45) is 5.71. The first-order chi connectivity index (χ1) is 12.2. The number of quaternary nitrogens is 1. The molecule has 0 aliphatic carbocycles. The van der Waals surface area contributed by atoms with Gasteiger partial charge >= 0.3 is 5.62 Å². The minimum absolute atomic E-state index is 0.0127. The molecule has 0 fully saturated rings. The molecule has 2 aromatic rings. The Morgan fingerprint density at radius 2 is 2.04 bits per heavy atom. The van der Waals surface area contributed by atoms with Gasteiger partial charge in [0.1, 0.15) is 24.7 Å². The van der Waals surface area contributed by atoms with Gasteiger partial charge in [0.25, 0.3) is 0 Å². The number of hydroxylamine groups is 3. The summed E-state index contributed by atoms with van der Waals surface area (Å²) >= 11 is 0. The predicted molar refractivity (Wildman–Crippen MR) is 92.3 cm³/mol. The second-order valence-electron chi connectivity index (χ2n) is 6.32. The van der Waals surface area contributed by atoms with Crippen LogP contribution in [0, 0.1) is 22.5 Å². The lowest BCUT2D eigenvalue weighted by Gasteiger charge is -2.28. The van der Waals surface area contributed by atoms with Gasteiger partial charge < -0.3 is 25.4 Å². The van der Waals surface area contributed by atoms with Crippen LogP contribution in [0.1, 0.15) is 18.7 Å². The van der Waals surface area contributed by atoms with Crippen molar-refractivity contribution in [2.45, 2.75) is 32.9 Å². The number of hydrogen-bond donors (Lipinski definition) is 3. The average Bonchev–Trinajstić information content (AvgIpc) is 3.16. The van der Waals surface area contributed by atoms with E-state index in [1.54, 1.807) is 20.2 Å². The molecule has 0 saturated heterocycles. The lowest BCUT2D eigenvalue weighted by Crippen LogP contribution is -2.44. The minimum Gasteiger partial charge on any atom is -0.744 e. The fraction of sp³-hybridized carbons (Fsp3) is 0.571. The Labute approximate surface area is 149 Å². The molecule has 0 amide bonds. The van der Waals surface area contributed by atoms with E-state index >= 15 is 0 Å². The van der Waals surface area contributed by atoms with E-state index < -0.39 is 4.90 Å². The van der Waals surface area contributed by atoms with Crippen LogP contribution in [0.15, 0.2) is 18.6 Å². The van der Waals surface area contributed by atoms with Gasteiger partial charge in [-0.1, -0.05) is 0 Å². The second kappa shape index (κ2) is 8.23. The van der Waals surface area contributed by atoms with Crippen LogP contribution in [0.4, 0.5) is 5.82 Å². The third kappa shape index (κ3) is 4.98. The first-order valence-corrected chi connectivity index (χ1v) is 8.18. The van der Waals surface area contributed by atoms with Crippen molar-refractivity contribution in [1.82, 2.24) is 24.0 Å². The van der Waals surface area contributed by atoms with Crippen LogP contribution in [0.5, 0.6) is 0 Å². The van der Waals surface area contributed by atoms with Gasteiger partial charge in [-0.05, 0) is 13.3 Å². The molecule has 1 atom stereocenters. The van der Waals surface area contributed by atoms with E-state index in [9.17, 15) is 20.8 Å². The first-order valence-electron chi connectivity index (χ1n) is 8.18. The number of likely N-dealkylation sites (N-methyl/N-ethyl adjacent to an activating group) is 1. The fourth-order valence-corrected chi connectivity index (χ4v) is 2.74. The van der Waals surface area contributed by atoms with Gasteiger partial charge in [-0.15, -0.1) is 0 Å². The van der Waals surface area contributed by atoms with Crippen molar-refractivity contribution in [2.24, 2.45) is 0 Å². The molecule has 0 aromatic carbocycles. The topological polar surface area (TPSA) is 154 Å². The van der Waals surface area contributed by atoms with Gasteiger partial charge in [0, 0.05) is 6.42 Å². The van der Waals surface area contributed by atoms with E-state index in [1.165, 1.54) is 21.5 Å². The molecule has 2 rings (SSSR count). The number of nitrogens with zero attached hydrogens (tertiary/aromatic N) is 6. The molecule has 26 heavy (non-hydrogen) atoms. The largest absolute Gasteiger partial charge is 0.744 e. The average molecular weight is 370 g/mol. The molecule has 3 N–H and O–H groups in total. The fourth-order valence-electron chi connectivity index (χ4n) is 2.74. The number of aromatic amines is 1. The van der Waals surface area contributed by atoms with E-state index in [1.807, 2.05) is 0 Å². The van der Waals surface area contributed by atoms with Crippen molar-refractivity contribution >= 4 is 5.82 Å². The third-order valence-corrected chi connectivity index (χ3v) is 4.24. The minimum atomic E-state index is -0.474. The highest BCUT2D eigenvalue weighted by Gasteiger charge is 2.20. The van der Waals surface area contributed by atoms with Crippen LogP contribution in [0.25, 0.3) is 0 Å². The summed E-state index contributed by atoms with van der Waals surface area (Å²) in [5.41, 5.74) is -0.0690. The monoisotopic (exact) mass is 370 g/mol. The number of H-pyrrole nitrogens is 1. The molecule has 0 spiro atoms. The summed E-state index contributed by atoms with van der Waals surface area (Å²) in [4.78, 5) is 6.07. The Hall–Kier alpha value is -2.54. The van der Waals surface area contributed by atoms with Gasteiger partial charge in [-0.3, -0.25) is 10.1 Å². The van der Waals surface area contributed by atoms with E-state index in [0.717, 1.165) is 0 Å². The summed E-state index contributed by atoms with van der Waals surface area (Å²) in [5, 5.41) is 52.0. The van der Waals surface area contributed by atoms with E-state index in [0.29, 0.717) is 44.8 Å². The number of imidazole rings is 2. The molecule has 12 heteroatoms. The maximum atomic E-state index is 11.1. The highest BCUT2D eigenvalue weighted by molar-refractivity contribution is 5.35. The second-order valence-corrected chi connectivity index (χ2v) is 6.32. The molecule has 0 saturated carbocycles. The van der Waals surface area contributed by atoms with Crippen molar-refractivity contribution in [1.29, 1.82) is 0 Å². The Kier molecular flexibility index (Phi) is 6.26. The molecule has 146 valence electrons. The van der Waals surface area contributed by atoms with Crippen molar-refractivity contribution in [2.75, 3.05) is 25.4 Å². The molecule has 12 nitrogen and oxygen atoms in total. The number of nitrogens with one attached hydrogen (secondary N) is 1. The van der Waals surface area contributed by atoms with Crippen molar-refractivity contribution in [3.05, 3.63) is 45.7 Å². The van der Waals surface area contributed by atoms with Crippen LogP contribution in [-0.2, 0) is 13.1 Å². The maximum Gasteiger partial charge on any atom is 0.358 e. The molecular formula is C14H24N7O5-. The Morgan fingerprint density at radius 1 is 1.31 bits per heavy atom. The summed E-state index contributed by atoms with van der Waals surface area (Å²) in [6, 6.07) is 0. The summed E-state index contributed by atoms with van der Waals surface area (Å²) < 4.78 is 2.77. The Bertz CT molecular complexity index is 773. The maximum absolute atomic E-state index is 11.1. The molecule has 0 radical (unpaired) electrons. The quantitative estimate of drug-likeness (QED) is 0.321. The van der Waals surface area contributed by atoms with Crippen molar-refractivity contribution in [3.8, 4) is 0 Å². The highest BCUT2D eigenvalue weighted by atomic mass is 16.8. The van der Waals surface area contributed by atoms with Crippen LogP contribution < -0.4 is 15.7 Å². The molecule has 0 aliphatic rings. The number of aromatic nitrogens is 4. The third-order valence-electron chi connectivity index (χ3n) is 4.24. The van der Waals surface area contributed by atoms with E-state index in [2.05, 4.69) is 9.97 Å². The number of anilines is 1. The zero-order valence-electron chi connectivity index (χ0n) is 14.8. The van der Waals surface area contributed by atoms with Crippen LogP contribution >= 0.6 is 0 Å². The smallest absolute Gasteiger partial charge is 0.358 e. The summed E-state index contributed by atoms with van der Waals surface area (Å²) in [7, 11) is 1.64. The summed E-state index contributed by atoms with van der Waals surface area (Å²) in [6.45, 7) is 3.25. The zero-order valence-corrected chi connectivity index (χ0v) is 14.8. The first kappa shape index (κ1) is 19.8. The Morgan fingerprint density at radius 3 is 2.69 bits per heavy atom. The van der Waals surface area contributed by atoms with Crippen molar-refractivity contribution < 1.29 is 15.1 Å². The SMILES string of the molecule is Cc1ncc(N([O-])O)n1CC[N+](C)(O)CCCCn1cc[nH]c1=[N+]([O-])[O-]. The van der Waals surface area contributed by atoms with Crippen LogP contribution in [-0.4, -0.2) is 54.3 Å². The lowest BCUT2D eigenvalue weighted by molar-refractivity contribution is -1.09. The van der Waals surface area contributed by atoms with Gasteiger partial charge in [0.15, 0.2) is 0 Å². The predicted octanol–water partition coefficient (Wildman–Crippen LogP) is 0.0985. The van der Waals surface area contributed by atoms with Crippen LogP contribution in [0.2, 0.25) is 0 Å². The molecular weight excluding hydrogens is 346 g/mol. The van der Waals surface area contributed by atoms with Crippen LogP contribution in [0.3, 0.4) is 0 Å². The zero-order chi connectivity index (χ0) is 19.3. The van der Waals surface area contributed by atoms with E-state index in [4.69, 9.17) is 5.21 Å². The van der Waals surface area contributed by atoms with Crippen molar-refractivity contribution in [3.63, 3.8) is 0 Å². The molecule has 1 unspecified atom stereocenters. The van der Waals surface area contributed by atoms with Gasteiger partial charge in [-0.25, -0.2) is 19.7 Å². The van der Waals surface area contributed by atoms with Gasteiger partial charge in [-0.2, -0.15) is 4.65 Å². The summed E-state index contributed by atoms with van der Waals surface area (Å²) in [5.74, 6) is 0.574. The molecule has 2 heterocycles. The molecule has 0 bridgehead atoms. The number of hydrogen-bond acceptors (Lipinski definition) is 7. The number of unbranched alkanes of at least 4 members (excludes halogenated alkanes) is 1. The van der Waals surface area contributed by atoms with Gasteiger partial charge in [0.2, 0.25) is 0 Å². The number of rotatable bonds is 9. The Balaban J connectivity index is 1.83. The molecule has 0 aliphatic heterocycles. The number of aryl methyl sites for hydroxylation is 2. The normalized spacial score (nSPS) is 13.6. The highest BCUT2D eigenvalue weighted by Crippen LogP contribution is 2.15. The van der Waals surface area contributed by atoms with E-state index in [-0.39, 0.29) is 21.3 Å². The molecule has 2 aromatic heterocycles. The van der Waals surface area contributed by atoms with Gasteiger partial charge in [0.05, 0.1) is 38.7 Å². The standard InChI is InChI=1S/C14H24N7O5/c1-12-16-11-13(19(22)23)18(12)8-10-21(2,26)9-4-3-6-17-7-5-15-14(17)20(24)25/h5,7,11,15,22,26H,3-4,6,8-10H2,1-2H3/q-1.